The number of fused-ring (bicyclic) bond motifs is 1. The summed E-state index contributed by atoms with van der Waals surface area (Å²) < 4.78 is 11.1. The Bertz CT molecular complexity index is 1190. The lowest BCUT2D eigenvalue weighted by atomic mass is 10.0. The van der Waals surface area contributed by atoms with Gasteiger partial charge in [0.05, 0.1) is 0 Å². The Morgan fingerprint density at radius 1 is 0.875 bits per heavy atom. The van der Waals surface area contributed by atoms with Gasteiger partial charge in [0.2, 0.25) is 0 Å². The fourth-order valence-electron chi connectivity index (χ4n) is 3.22. The van der Waals surface area contributed by atoms with Crippen molar-refractivity contribution in [3.8, 4) is 5.75 Å². The smallest absolute Gasteiger partial charge is 0.291 e. The van der Waals surface area contributed by atoms with Gasteiger partial charge in [-0.2, -0.15) is 0 Å². The Balaban J connectivity index is 1.29. The second-order valence-electron chi connectivity index (χ2n) is 7.74. The molecule has 0 aliphatic heterocycles. The molecule has 0 aliphatic carbocycles. The van der Waals surface area contributed by atoms with Crippen molar-refractivity contribution in [2.24, 2.45) is 0 Å². The van der Waals surface area contributed by atoms with Crippen LogP contribution in [0.15, 0.2) is 83.3 Å². The maximum Gasteiger partial charge on any atom is 0.291 e. The van der Waals surface area contributed by atoms with E-state index in [1.54, 1.807) is 30.3 Å². The summed E-state index contributed by atoms with van der Waals surface area (Å²) in [6.07, 6.45) is 0. The van der Waals surface area contributed by atoms with Crippen LogP contribution in [0.4, 0.5) is 11.4 Å². The average Bonchev–Trinajstić information content (AvgIpc) is 3.24. The molecule has 2 amide bonds. The molecule has 6 nitrogen and oxygen atoms in total. The molecule has 0 fully saturated rings. The molecule has 0 unspecified atom stereocenters. The molecule has 0 atom stereocenters. The number of anilines is 2. The van der Waals surface area contributed by atoms with Crippen molar-refractivity contribution in [1.29, 1.82) is 0 Å². The number of rotatable bonds is 7. The van der Waals surface area contributed by atoms with Gasteiger partial charge in [-0.15, -0.1) is 0 Å². The third kappa shape index (κ3) is 5.16. The van der Waals surface area contributed by atoms with Crippen molar-refractivity contribution < 1.29 is 18.7 Å². The molecule has 32 heavy (non-hydrogen) atoms. The monoisotopic (exact) mass is 428 g/mol. The first-order valence-electron chi connectivity index (χ1n) is 10.4. The Morgan fingerprint density at radius 2 is 1.53 bits per heavy atom. The first-order valence-corrected chi connectivity index (χ1v) is 10.4. The van der Waals surface area contributed by atoms with Crippen LogP contribution in [0.25, 0.3) is 11.0 Å². The van der Waals surface area contributed by atoms with E-state index in [9.17, 15) is 9.59 Å². The Labute approximate surface area is 186 Å². The second kappa shape index (κ2) is 9.39. The standard InChI is InChI=1S/C26H24N2O4/c1-17(2)18-7-13-22(14-8-18)31-16-25(29)27-20-9-11-21(12-10-20)28-26(30)24-15-19-5-3-4-6-23(19)32-24/h3-15,17H,16H2,1-2H3,(H,27,29)(H,28,30). The van der Waals surface area contributed by atoms with Gasteiger partial charge >= 0.3 is 0 Å². The Kier molecular flexibility index (Phi) is 6.22. The zero-order valence-corrected chi connectivity index (χ0v) is 17.9. The van der Waals surface area contributed by atoms with Crippen molar-refractivity contribution in [2.45, 2.75) is 19.8 Å². The lowest BCUT2D eigenvalue weighted by Gasteiger charge is -2.10. The van der Waals surface area contributed by atoms with E-state index in [1.807, 2.05) is 48.5 Å². The minimum atomic E-state index is -0.338. The Hall–Kier alpha value is -4.06. The second-order valence-corrected chi connectivity index (χ2v) is 7.74. The highest BCUT2D eigenvalue weighted by Gasteiger charge is 2.12. The molecule has 0 saturated heterocycles. The summed E-state index contributed by atoms with van der Waals surface area (Å²) >= 11 is 0. The summed E-state index contributed by atoms with van der Waals surface area (Å²) in [6, 6.07) is 23.7. The van der Waals surface area contributed by atoms with E-state index >= 15 is 0 Å². The van der Waals surface area contributed by atoms with Crippen LogP contribution in [0.5, 0.6) is 5.75 Å². The highest BCUT2D eigenvalue weighted by Crippen LogP contribution is 2.21. The topological polar surface area (TPSA) is 80.6 Å². The molecule has 4 rings (SSSR count). The van der Waals surface area contributed by atoms with Gasteiger partial charge in [0, 0.05) is 16.8 Å². The van der Waals surface area contributed by atoms with Crippen LogP contribution in [0.1, 0.15) is 35.9 Å². The lowest BCUT2D eigenvalue weighted by molar-refractivity contribution is -0.118. The number of nitrogens with one attached hydrogen (secondary N) is 2. The zero-order chi connectivity index (χ0) is 22.5. The summed E-state index contributed by atoms with van der Waals surface area (Å²) in [7, 11) is 0. The number of amides is 2. The van der Waals surface area contributed by atoms with Crippen molar-refractivity contribution in [2.75, 3.05) is 17.2 Å². The molecule has 6 heteroatoms. The van der Waals surface area contributed by atoms with Crippen LogP contribution < -0.4 is 15.4 Å². The van der Waals surface area contributed by atoms with E-state index in [0.29, 0.717) is 28.6 Å². The average molecular weight is 428 g/mol. The fraction of sp³-hybridized carbons (Fsp3) is 0.154. The molecule has 2 N–H and O–H groups in total. The van der Waals surface area contributed by atoms with Crippen LogP contribution >= 0.6 is 0 Å². The third-order valence-corrected chi connectivity index (χ3v) is 4.99. The van der Waals surface area contributed by atoms with Gasteiger partial charge in [0.15, 0.2) is 12.4 Å². The summed E-state index contributed by atoms with van der Waals surface area (Å²) in [5.74, 6) is 0.723. The number of para-hydroxylation sites is 1. The van der Waals surface area contributed by atoms with Gasteiger partial charge in [-0.25, -0.2) is 0 Å². The first kappa shape index (κ1) is 21.2. The summed E-state index contributed by atoms with van der Waals surface area (Å²) in [5, 5.41) is 6.43. The van der Waals surface area contributed by atoms with E-state index in [4.69, 9.17) is 9.15 Å². The number of carbonyl (C=O) groups is 2. The van der Waals surface area contributed by atoms with Crippen molar-refractivity contribution >= 4 is 34.2 Å². The first-order chi connectivity index (χ1) is 15.5. The zero-order valence-electron chi connectivity index (χ0n) is 17.9. The predicted octanol–water partition coefficient (Wildman–Crippen LogP) is 5.83. The molecule has 0 saturated carbocycles. The third-order valence-electron chi connectivity index (χ3n) is 4.99. The number of furan rings is 1. The van der Waals surface area contributed by atoms with E-state index in [2.05, 4.69) is 24.5 Å². The van der Waals surface area contributed by atoms with Gasteiger partial charge in [-0.05, 0) is 60.0 Å². The van der Waals surface area contributed by atoms with Gasteiger partial charge in [-0.3, -0.25) is 9.59 Å². The van der Waals surface area contributed by atoms with Crippen LogP contribution in [0.3, 0.4) is 0 Å². The van der Waals surface area contributed by atoms with Crippen molar-refractivity contribution in [1.82, 2.24) is 0 Å². The van der Waals surface area contributed by atoms with Crippen LogP contribution in [0, 0.1) is 0 Å². The maximum absolute atomic E-state index is 12.4. The molecule has 4 aromatic rings. The molecular formula is C26H24N2O4. The molecule has 0 aliphatic rings. The number of hydrogen-bond acceptors (Lipinski definition) is 4. The largest absolute Gasteiger partial charge is 0.484 e. The normalized spacial score (nSPS) is 10.8. The highest BCUT2D eigenvalue weighted by atomic mass is 16.5. The van der Waals surface area contributed by atoms with Crippen LogP contribution in [-0.2, 0) is 4.79 Å². The molecule has 162 valence electrons. The van der Waals surface area contributed by atoms with Gasteiger partial charge in [0.25, 0.3) is 11.8 Å². The van der Waals surface area contributed by atoms with E-state index in [1.165, 1.54) is 5.56 Å². The quantitative estimate of drug-likeness (QED) is 0.388. The SMILES string of the molecule is CC(C)c1ccc(OCC(=O)Nc2ccc(NC(=O)c3cc4ccccc4o3)cc2)cc1. The molecule has 0 radical (unpaired) electrons. The summed E-state index contributed by atoms with van der Waals surface area (Å²) in [4.78, 5) is 24.6. The minimum Gasteiger partial charge on any atom is -0.484 e. The van der Waals surface area contributed by atoms with E-state index < -0.39 is 0 Å². The van der Waals surface area contributed by atoms with Crippen molar-refractivity contribution in [3.63, 3.8) is 0 Å². The highest BCUT2D eigenvalue weighted by molar-refractivity contribution is 6.04. The van der Waals surface area contributed by atoms with Crippen molar-refractivity contribution in [3.05, 3.63) is 90.2 Å². The van der Waals surface area contributed by atoms with Gasteiger partial charge in [-0.1, -0.05) is 44.2 Å². The minimum absolute atomic E-state index is 0.0917. The fourth-order valence-corrected chi connectivity index (χ4v) is 3.22. The van der Waals surface area contributed by atoms with Gasteiger partial charge in [0.1, 0.15) is 11.3 Å². The molecule has 3 aromatic carbocycles. The predicted molar refractivity (Wildman–Crippen MR) is 125 cm³/mol. The van der Waals surface area contributed by atoms with Gasteiger partial charge < -0.3 is 19.8 Å². The molecule has 1 heterocycles. The number of carbonyl (C=O) groups excluding carboxylic acids is 2. The Morgan fingerprint density at radius 3 is 2.19 bits per heavy atom. The molecule has 0 bridgehead atoms. The number of hydrogen-bond donors (Lipinski definition) is 2. The van der Waals surface area contributed by atoms with Crippen LogP contribution in [-0.4, -0.2) is 18.4 Å². The number of benzene rings is 3. The molecule has 1 aromatic heterocycles. The maximum atomic E-state index is 12.4. The summed E-state index contributed by atoms with van der Waals surface area (Å²) in [6.45, 7) is 4.16. The van der Waals surface area contributed by atoms with E-state index in [0.717, 1.165) is 5.39 Å². The van der Waals surface area contributed by atoms with Crippen LogP contribution in [0.2, 0.25) is 0 Å². The summed E-state index contributed by atoms with van der Waals surface area (Å²) in [5.41, 5.74) is 3.08. The number of ether oxygens (including phenoxy) is 1. The van der Waals surface area contributed by atoms with E-state index in [-0.39, 0.29) is 24.2 Å². The lowest BCUT2D eigenvalue weighted by Crippen LogP contribution is -2.20. The molecular weight excluding hydrogens is 404 g/mol. The molecule has 0 spiro atoms.